The summed E-state index contributed by atoms with van der Waals surface area (Å²) >= 11 is 0. The van der Waals surface area contributed by atoms with Crippen LogP contribution in [0.5, 0.6) is 5.75 Å². The number of anilines is 2. The summed E-state index contributed by atoms with van der Waals surface area (Å²) in [7, 11) is 1.21. The van der Waals surface area contributed by atoms with Crippen LogP contribution in [0.4, 0.5) is 22.1 Å². The third kappa shape index (κ3) is 9.86. The molecule has 3 aromatic rings. The maximum Gasteiger partial charge on any atom is 0.407 e. The van der Waals surface area contributed by atoms with E-state index in [1.165, 1.54) is 37.6 Å². The van der Waals surface area contributed by atoms with Gasteiger partial charge in [-0.25, -0.2) is 19.6 Å². The number of carbonyl (C=O) groups is 2. The van der Waals surface area contributed by atoms with Crippen LogP contribution in [-0.4, -0.2) is 58.9 Å². The minimum Gasteiger partial charge on any atom is -0.490 e. The number of ether oxygens (including phenoxy) is 4. The number of nitro groups is 1. The Kier molecular flexibility index (Phi) is 10.9. The number of amides is 1. The van der Waals surface area contributed by atoms with Gasteiger partial charge >= 0.3 is 12.1 Å². The summed E-state index contributed by atoms with van der Waals surface area (Å²) in [5, 5.41) is 17.7. The molecule has 1 saturated carbocycles. The van der Waals surface area contributed by atoms with Crippen molar-refractivity contribution < 1.29 is 33.5 Å². The van der Waals surface area contributed by atoms with Gasteiger partial charge in [0.25, 0.3) is 5.69 Å². The second-order valence-corrected chi connectivity index (χ2v) is 11.8. The molecule has 2 aromatic carbocycles. The molecule has 0 aliphatic heterocycles. The van der Waals surface area contributed by atoms with Gasteiger partial charge in [0.05, 0.1) is 41.6 Å². The van der Waals surface area contributed by atoms with E-state index in [1.54, 1.807) is 0 Å². The van der Waals surface area contributed by atoms with E-state index in [4.69, 9.17) is 18.9 Å². The standard InChI is InChI=1S/C32H39N5O8/c1-20(13-15-34-31(39)45-32(2,3)4)18-43-19-21-17-22(9-12-27(21)44-23-10-11-23)35-30-33-16-14-25(36-30)28-24(29(38)42-5)7-6-8-26(28)37(40)41/h6-9,12,14,16-17,20,23H,10-11,13,15,18-19H2,1-5H3,(H,34,39)(H,33,35,36). The topological polar surface area (TPSA) is 164 Å². The molecule has 1 unspecified atom stereocenters. The highest BCUT2D eigenvalue weighted by molar-refractivity contribution is 5.99. The van der Waals surface area contributed by atoms with Gasteiger partial charge in [-0.1, -0.05) is 13.0 Å². The lowest BCUT2D eigenvalue weighted by Crippen LogP contribution is -2.33. The molecule has 1 aliphatic rings. The molecule has 0 bridgehead atoms. The number of carbonyl (C=O) groups excluding carboxylic acids is 2. The zero-order valence-corrected chi connectivity index (χ0v) is 26.1. The predicted molar refractivity (Wildman–Crippen MR) is 167 cm³/mol. The van der Waals surface area contributed by atoms with E-state index >= 15 is 0 Å². The molecule has 0 spiro atoms. The second kappa shape index (κ2) is 14.8. The molecule has 1 amide bonds. The molecule has 1 aromatic heterocycles. The van der Waals surface area contributed by atoms with Crippen molar-refractivity contribution in [2.45, 2.75) is 65.3 Å². The Bertz CT molecular complexity index is 1520. The van der Waals surface area contributed by atoms with Gasteiger partial charge in [0.15, 0.2) is 0 Å². The maximum atomic E-state index is 12.4. The molecule has 1 heterocycles. The van der Waals surface area contributed by atoms with E-state index in [9.17, 15) is 19.7 Å². The molecular formula is C32H39N5O8. The lowest BCUT2D eigenvalue weighted by atomic mass is 10.0. The van der Waals surface area contributed by atoms with Crippen molar-refractivity contribution in [2.24, 2.45) is 5.92 Å². The highest BCUT2D eigenvalue weighted by Crippen LogP contribution is 2.34. The summed E-state index contributed by atoms with van der Waals surface area (Å²) in [6.07, 6.45) is 3.92. The molecule has 2 N–H and O–H groups in total. The number of nitrogens with one attached hydrogen (secondary N) is 2. The number of nitrogens with zero attached hydrogens (tertiary/aromatic N) is 3. The fourth-order valence-electron chi connectivity index (χ4n) is 4.37. The minimum absolute atomic E-state index is 0.0206. The van der Waals surface area contributed by atoms with Crippen LogP contribution in [0.25, 0.3) is 11.3 Å². The van der Waals surface area contributed by atoms with E-state index in [2.05, 4.69) is 20.6 Å². The van der Waals surface area contributed by atoms with Gasteiger partial charge < -0.3 is 29.6 Å². The molecular weight excluding hydrogens is 582 g/mol. The fourth-order valence-corrected chi connectivity index (χ4v) is 4.37. The Morgan fingerprint density at radius 2 is 1.93 bits per heavy atom. The fraction of sp³-hybridized carbons (Fsp3) is 0.438. The number of hydrogen-bond acceptors (Lipinski definition) is 11. The van der Waals surface area contributed by atoms with Crippen molar-refractivity contribution in [1.82, 2.24) is 15.3 Å². The normalized spacial score (nSPS) is 13.4. The Labute approximate surface area is 261 Å². The van der Waals surface area contributed by atoms with Crippen molar-refractivity contribution in [1.29, 1.82) is 0 Å². The lowest BCUT2D eigenvalue weighted by Gasteiger charge is -2.20. The first-order valence-corrected chi connectivity index (χ1v) is 14.7. The second-order valence-electron chi connectivity index (χ2n) is 11.8. The van der Waals surface area contributed by atoms with E-state index in [1.807, 2.05) is 45.9 Å². The molecule has 13 nitrogen and oxygen atoms in total. The van der Waals surface area contributed by atoms with Crippen molar-refractivity contribution in [3.63, 3.8) is 0 Å². The zero-order valence-electron chi connectivity index (χ0n) is 26.1. The summed E-state index contributed by atoms with van der Waals surface area (Å²) in [6, 6.07) is 11.2. The smallest absolute Gasteiger partial charge is 0.407 e. The Morgan fingerprint density at radius 1 is 1.16 bits per heavy atom. The molecule has 1 fully saturated rings. The largest absolute Gasteiger partial charge is 0.490 e. The zero-order chi connectivity index (χ0) is 32.6. The number of esters is 1. The number of hydrogen-bond donors (Lipinski definition) is 2. The molecule has 1 aliphatic carbocycles. The van der Waals surface area contributed by atoms with E-state index in [-0.39, 0.29) is 40.5 Å². The van der Waals surface area contributed by atoms with Gasteiger partial charge in [-0.05, 0) is 76.3 Å². The van der Waals surface area contributed by atoms with Crippen LogP contribution in [0.3, 0.4) is 0 Å². The van der Waals surface area contributed by atoms with Crippen molar-refractivity contribution >= 4 is 29.4 Å². The first-order chi connectivity index (χ1) is 21.4. The van der Waals surface area contributed by atoms with Crippen LogP contribution in [0.15, 0.2) is 48.7 Å². The highest BCUT2D eigenvalue weighted by atomic mass is 16.6. The molecule has 240 valence electrons. The first-order valence-electron chi connectivity index (χ1n) is 14.7. The quantitative estimate of drug-likeness (QED) is 0.120. The van der Waals surface area contributed by atoms with E-state index in [0.717, 1.165) is 30.6 Å². The first kappa shape index (κ1) is 33.1. The number of methoxy groups -OCH3 is 1. The van der Waals surface area contributed by atoms with Gasteiger partial charge in [0, 0.05) is 36.7 Å². The summed E-state index contributed by atoms with van der Waals surface area (Å²) in [5.74, 6) is 0.364. The van der Waals surface area contributed by atoms with Gasteiger partial charge in [-0.3, -0.25) is 10.1 Å². The molecule has 0 radical (unpaired) electrons. The van der Waals surface area contributed by atoms with Crippen molar-refractivity contribution in [2.75, 3.05) is 25.6 Å². The number of nitro benzene ring substituents is 1. The van der Waals surface area contributed by atoms with Gasteiger partial charge in [-0.15, -0.1) is 0 Å². The minimum atomic E-state index is -0.716. The highest BCUT2D eigenvalue weighted by Gasteiger charge is 2.26. The third-order valence-corrected chi connectivity index (χ3v) is 6.66. The number of aromatic nitrogens is 2. The number of benzene rings is 2. The van der Waals surface area contributed by atoms with Crippen LogP contribution in [0.2, 0.25) is 0 Å². The molecule has 13 heteroatoms. The van der Waals surface area contributed by atoms with Gasteiger partial charge in [0.1, 0.15) is 11.4 Å². The summed E-state index contributed by atoms with van der Waals surface area (Å²) in [5.41, 5.74) is 0.900. The summed E-state index contributed by atoms with van der Waals surface area (Å²) < 4.78 is 22.2. The van der Waals surface area contributed by atoms with Crippen molar-refractivity contribution in [3.8, 4) is 17.0 Å². The average molecular weight is 622 g/mol. The van der Waals surface area contributed by atoms with Crippen LogP contribution in [0, 0.1) is 16.0 Å². The average Bonchev–Trinajstić information content (AvgIpc) is 3.81. The van der Waals surface area contributed by atoms with Crippen LogP contribution < -0.4 is 15.4 Å². The van der Waals surface area contributed by atoms with Crippen LogP contribution in [0.1, 0.15) is 62.9 Å². The Balaban J connectivity index is 1.45. The third-order valence-electron chi connectivity index (χ3n) is 6.66. The van der Waals surface area contributed by atoms with Gasteiger partial charge in [0.2, 0.25) is 5.95 Å². The molecule has 4 rings (SSSR count). The lowest BCUT2D eigenvalue weighted by molar-refractivity contribution is -0.384. The molecule has 1 atom stereocenters. The Morgan fingerprint density at radius 3 is 2.62 bits per heavy atom. The maximum absolute atomic E-state index is 12.4. The van der Waals surface area contributed by atoms with Gasteiger partial charge in [-0.2, -0.15) is 0 Å². The number of alkyl carbamates (subject to hydrolysis) is 1. The molecule has 0 saturated heterocycles. The SMILES string of the molecule is COC(=O)c1cccc([N+](=O)[O-])c1-c1ccnc(Nc2ccc(OC3CC3)c(COCC(C)CCNC(=O)OC(C)(C)C)c2)n1. The van der Waals surface area contributed by atoms with E-state index in [0.29, 0.717) is 25.4 Å². The van der Waals surface area contributed by atoms with Crippen LogP contribution in [-0.2, 0) is 20.8 Å². The van der Waals surface area contributed by atoms with Crippen LogP contribution >= 0.6 is 0 Å². The monoisotopic (exact) mass is 621 g/mol. The Hall–Kier alpha value is -4.78. The number of rotatable bonds is 14. The van der Waals surface area contributed by atoms with E-state index < -0.39 is 22.6 Å². The van der Waals surface area contributed by atoms with Crippen molar-refractivity contribution in [3.05, 3.63) is 69.9 Å². The predicted octanol–water partition coefficient (Wildman–Crippen LogP) is 6.19. The molecule has 45 heavy (non-hydrogen) atoms. The summed E-state index contributed by atoms with van der Waals surface area (Å²) in [6.45, 7) is 8.74. The summed E-state index contributed by atoms with van der Waals surface area (Å²) in [4.78, 5) is 44.3.